The number of alkyl halides is 3. The molecule has 0 aliphatic heterocycles. The lowest BCUT2D eigenvalue weighted by Gasteiger charge is -2.07. The maximum Gasteiger partial charge on any atom is 0.441 e. The zero-order valence-electron chi connectivity index (χ0n) is 7.29. The van der Waals surface area contributed by atoms with Crippen molar-refractivity contribution in [2.75, 3.05) is 5.75 Å². The van der Waals surface area contributed by atoms with E-state index >= 15 is 0 Å². The number of aromatic nitrogens is 2. The van der Waals surface area contributed by atoms with Crippen LogP contribution >= 0.6 is 11.8 Å². The molecule has 0 unspecified atom stereocenters. The third-order valence-corrected chi connectivity index (χ3v) is 2.30. The molecule has 1 heterocycles. The van der Waals surface area contributed by atoms with Gasteiger partial charge in [-0.15, -0.1) is 0 Å². The molecule has 0 atom stereocenters. The van der Waals surface area contributed by atoms with Crippen LogP contribution in [0.3, 0.4) is 0 Å². The molecule has 1 aromatic rings. The van der Waals surface area contributed by atoms with E-state index in [4.69, 9.17) is 5.73 Å². The number of rotatable bonds is 4. The van der Waals surface area contributed by atoms with Crippen molar-refractivity contribution in [1.29, 1.82) is 0 Å². The SMILES string of the molecule is NCc1nccn1CCSC(F)(F)F. The summed E-state index contributed by atoms with van der Waals surface area (Å²) in [5.74, 6) is 0.583. The van der Waals surface area contributed by atoms with Gasteiger partial charge in [0.15, 0.2) is 0 Å². The molecule has 0 saturated carbocycles. The first-order valence-electron chi connectivity index (χ1n) is 3.93. The molecule has 0 aliphatic carbocycles. The first kappa shape index (κ1) is 11.4. The Morgan fingerprint density at radius 1 is 1.50 bits per heavy atom. The Kier molecular flexibility index (Phi) is 3.82. The van der Waals surface area contributed by atoms with Crippen LogP contribution in [0.5, 0.6) is 0 Å². The molecule has 14 heavy (non-hydrogen) atoms. The smallest absolute Gasteiger partial charge is 0.333 e. The van der Waals surface area contributed by atoms with E-state index in [9.17, 15) is 13.2 Å². The second kappa shape index (κ2) is 4.70. The molecule has 0 fully saturated rings. The van der Waals surface area contributed by atoms with Crippen LogP contribution < -0.4 is 5.73 Å². The Bertz CT molecular complexity index is 284. The number of nitrogens with zero attached hydrogens (tertiary/aromatic N) is 2. The topological polar surface area (TPSA) is 43.8 Å². The van der Waals surface area contributed by atoms with E-state index in [1.54, 1.807) is 10.8 Å². The molecule has 7 heteroatoms. The summed E-state index contributed by atoms with van der Waals surface area (Å²) < 4.78 is 37.0. The number of nitrogens with two attached hydrogens (primary N) is 1. The number of imidazole rings is 1. The van der Waals surface area contributed by atoms with Crippen LogP contribution in [0.25, 0.3) is 0 Å². The molecule has 0 aliphatic rings. The van der Waals surface area contributed by atoms with Crippen LogP contribution in [-0.2, 0) is 13.1 Å². The van der Waals surface area contributed by atoms with Gasteiger partial charge in [-0.3, -0.25) is 0 Å². The fourth-order valence-corrected chi connectivity index (χ4v) is 1.51. The van der Waals surface area contributed by atoms with Crippen LogP contribution in [0, 0.1) is 0 Å². The molecule has 80 valence electrons. The Balaban J connectivity index is 2.38. The summed E-state index contributed by atoms with van der Waals surface area (Å²) in [6.07, 6.45) is 3.15. The van der Waals surface area contributed by atoms with Crippen molar-refractivity contribution in [2.24, 2.45) is 5.73 Å². The summed E-state index contributed by atoms with van der Waals surface area (Å²) in [5, 5.41) is 0. The maximum atomic E-state index is 11.8. The van der Waals surface area contributed by atoms with Crippen molar-refractivity contribution in [3.05, 3.63) is 18.2 Å². The third kappa shape index (κ3) is 3.59. The minimum atomic E-state index is -4.16. The van der Waals surface area contributed by atoms with Gasteiger partial charge in [-0.2, -0.15) is 13.2 Å². The predicted molar refractivity (Wildman–Crippen MR) is 48.6 cm³/mol. The summed E-state index contributed by atoms with van der Waals surface area (Å²) in [6.45, 7) is 0.514. The summed E-state index contributed by atoms with van der Waals surface area (Å²) in [4.78, 5) is 3.90. The lowest BCUT2D eigenvalue weighted by atomic mass is 10.6. The molecule has 3 nitrogen and oxygen atoms in total. The molecule has 0 saturated heterocycles. The zero-order valence-corrected chi connectivity index (χ0v) is 8.11. The van der Waals surface area contributed by atoms with Gasteiger partial charge in [0.05, 0.1) is 6.54 Å². The van der Waals surface area contributed by atoms with Gasteiger partial charge in [-0.1, -0.05) is 0 Å². The Morgan fingerprint density at radius 3 is 2.79 bits per heavy atom. The van der Waals surface area contributed by atoms with E-state index in [2.05, 4.69) is 4.98 Å². The second-order valence-electron chi connectivity index (χ2n) is 2.54. The van der Waals surface area contributed by atoms with E-state index in [0.717, 1.165) is 0 Å². The van der Waals surface area contributed by atoms with E-state index in [-0.39, 0.29) is 30.6 Å². The summed E-state index contributed by atoms with van der Waals surface area (Å²) in [7, 11) is 0. The van der Waals surface area contributed by atoms with E-state index < -0.39 is 5.51 Å². The Labute approximate surface area is 83.5 Å². The highest BCUT2D eigenvalue weighted by molar-refractivity contribution is 8.00. The highest BCUT2D eigenvalue weighted by atomic mass is 32.2. The molecule has 1 rings (SSSR count). The molecule has 2 N–H and O–H groups in total. The zero-order chi connectivity index (χ0) is 10.6. The van der Waals surface area contributed by atoms with Crippen LogP contribution in [0.2, 0.25) is 0 Å². The highest BCUT2D eigenvalue weighted by Gasteiger charge is 2.27. The first-order chi connectivity index (χ1) is 6.53. The van der Waals surface area contributed by atoms with Crippen molar-refractivity contribution in [1.82, 2.24) is 9.55 Å². The van der Waals surface area contributed by atoms with Gasteiger partial charge in [-0.05, 0) is 11.8 Å². The minimum Gasteiger partial charge on any atom is -0.333 e. The standard InChI is InChI=1S/C7H10F3N3S/c8-7(9,10)14-4-3-13-2-1-12-6(13)5-11/h1-2H,3-5,11H2. The van der Waals surface area contributed by atoms with Crippen LogP contribution in [0.1, 0.15) is 5.82 Å². The van der Waals surface area contributed by atoms with Gasteiger partial charge in [0, 0.05) is 24.7 Å². The van der Waals surface area contributed by atoms with Crippen molar-refractivity contribution >= 4 is 11.8 Å². The van der Waals surface area contributed by atoms with Gasteiger partial charge in [0.1, 0.15) is 5.82 Å². The van der Waals surface area contributed by atoms with Crippen molar-refractivity contribution in [2.45, 2.75) is 18.6 Å². The molecule has 0 aromatic carbocycles. The van der Waals surface area contributed by atoms with Gasteiger partial charge >= 0.3 is 5.51 Å². The van der Waals surface area contributed by atoms with Crippen molar-refractivity contribution in [3.63, 3.8) is 0 Å². The van der Waals surface area contributed by atoms with Crippen LogP contribution in [0.15, 0.2) is 12.4 Å². The average molecular weight is 225 g/mol. The number of hydrogen-bond donors (Lipinski definition) is 1. The lowest BCUT2D eigenvalue weighted by Crippen LogP contribution is -2.11. The van der Waals surface area contributed by atoms with E-state index in [1.165, 1.54) is 6.20 Å². The second-order valence-corrected chi connectivity index (χ2v) is 3.70. The highest BCUT2D eigenvalue weighted by Crippen LogP contribution is 2.29. The summed E-state index contributed by atoms with van der Waals surface area (Å²) in [6, 6.07) is 0. The number of aryl methyl sites for hydroxylation is 1. The van der Waals surface area contributed by atoms with Crippen molar-refractivity contribution in [3.8, 4) is 0 Å². The molecule has 0 amide bonds. The maximum absolute atomic E-state index is 11.8. The Morgan fingerprint density at radius 2 is 2.21 bits per heavy atom. The fourth-order valence-electron chi connectivity index (χ4n) is 0.993. The fraction of sp³-hybridized carbons (Fsp3) is 0.571. The van der Waals surface area contributed by atoms with Gasteiger partial charge in [0.2, 0.25) is 0 Å². The van der Waals surface area contributed by atoms with Crippen molar-refractivity contribution < 1.29 is 13.2 Å². The molecule has 0 spiro atoms. The molecular formula is C7H10F3N3S. The monoisotopic (exact) mass is 225 g/mol. The lowest BCUT2D eigenvalue weighted by molar-refractivity contribution is -0.0328. The van der Waals surface area contributed by atoms with Gasteiger partial charge in [-0.25, -0.2) is 4.98 Å². The van der Waals surface area contributed by atoms with Crippen LogP contribution in [0.4, 0.5) is 13.2 Å². The predicted octanol–water partition coefficient (Wildman–Crippen LogP) is 1.59. The summed E-state index contributed by atoms with van der Waals surface area (Å²) >= 11 is -0.0384. The molecular weight excluding hydrogens is 215 g/mol. The summed E-state index contributed by atoms with van der Waals surface area (Å²) in [5.41, 5.74) is 1.18. The largest absolute Gasteiger partial charge is 0.441 e. The number of halogens is 3. The minimum absolute atomic E-state index is 0.0210. The first-order valence-corrected chi connectivity index (χ1v) is 4.92. The normalized spacial score (nSPS) is 12.0. The molecule has 0 bridgehead atoms. The average Bonchev–Trinajstić information content (AvgIpc) is 2.49. The van der Waals surface area contributed by atoms with E-state index in [0.29, 0.717) is 5.82 Å². The van der Waals surface area contributed by atoms with E-state index in [1.807, 2.05) is 0 Å². The Hall–Kier alpha value is -0.690. The molecule has 0 radical (unpaired) electrons. The number of hydrogen-bond acceptors (Lipinski definition) is 3. The third-order valence-electron chi connectivity index (χ3n) is 1.58. The quantitative estimate of drug-likeness (QED) is 0.846. The van der Waals surface area contributed by atoms with Gasteiger partial charge < -0.3 is 10.3 Å². The number of thioether (sulfide) groups is 1. The molecule has 1 aromatic heterocycles. The van der Waals surface area contributed by atoms with Crippen LogP contribution in [-0.4, -0.2) is 20.8 Å². The van der Waals surface area contributed by atoms with Gasteiger partial charge in [0.25, 0.3) is 0 Å².